The molecule has 0 unspecified atom stereocenters. The van der Waals surface area contributed by atoms with Crippen molar-refractivity contribution in [3.8, 4) is 5.75 Å². The average molecular weight is 332 g/mol. The molecular formula is C15H16N4O3S. The second-order valence-electron chi connectivity index (χ2n) is 4.72. The summed E-state index contributed by atoms with van der Waals surface area (Å²) in [6.07, 6.45) is -0.0315. The molecule has 0 aliphatic carbocycles. The van der Waals surface area contributed by atoms with E-state index in [1.807, 2.05) is 24.3 Å². The maximum atomic E-state index is 11.9. The number of hydrogen-bond donors (Lipinski definition) is 3. The van der Waals surface area contributed by atoms with Gasteiger partial charge in [0.1, 0.15) is 5.75 Å². The van der Waals surface area contributed by atoms with E-state index >= 15 is 0 Å². The third kappa shape index (κ3) is 4.62. The zero-order valence-corrected chi connectivity index (χ0v) is 13.5. The van der Waals surface area contributed by atoms with Crippen molar-refractivity contribution in [2.75, 3.05) is 7.11 Å². The Labute approximate surface area is 137 Å². The lowest BCUT2D eigenvalue weighted by molar-refractivity contribution is -0.120. The number of nitrogens with zero attached hydrogens (tertiary/aromatic N) is 1. The monoisotopic (exact) mass is 332 g/mol. The maximum absolute atomic E-state index is 11.9. The predicted octanol–water partition coefficient (Wildman–Crippen LogP) is 1.52. The van der Waals surface area contributed by atoms with Gasteiger partial charge in [0.15, 0.2) is 4.77 Å². The molecule has 1 heterocycles. The average Bonchev–Trinajstić information content (AvgIpc) is 2.51. The summed E-state index contributed by atoms with van der Waals surface area (Å²) in [6, 6.07) is 8.65. The number of carbonyl (C=O) groups is 1. The fourth-order valence-corrected chi connectivity index (χ4v) is 2.21. The number of hydrazone groups is 1. The molecule has 0 radical (unpaired) electrons. The molecule has 0 saturated carbocycles. The Morgan fingerprint density at radius 3 is 2.78 bits per heavy atom. The van der Waals surface area contributed by atoms with Crippen LogP contribution in [0.2, 0.25) is 0 Å². The first-order valence-electron chi connectivity index (χ1n) is 6.78. The molecule has 2 aromatic rings. The summed E-state index contributed by atoms with van der Waals surface area (Å²) in [5, 5.41) is 4.06. The zero-order chi connectivity index (χ0) is 16.8. The van der Waals surface area contributed by atoms with Crippen LogP contribution in [0.15, 0.2) is 40.2 Å². The van der Waals surface area contributed by atoms with Gasteiger partial charge in [-0.1, -0.05) is 12.1 Å². The smallest absolute Gasteiger partial charge is 0.251 e. The highest BCUT2D eigenvalue weighted by molar-refractivity contribution is 7.71. The highest BCUT2D eigenvalue weighted by Crippen LogP contribution is 2.17. The number of aromatic nitrogens is 2. The van der Waals surface area contributed by atoms with Gasteiger partial charge in [0.2, 0.25) is 5.91 Å². The highest BCUT2D eigenvalue weighted by atomic mass is 32.1. The van der Waals surface area contributed by atoms with E-state index in [9.17, 15) is 9.59 Å². The molecule has 0 atom stereocenters. The largest absolute Gasteiger partial charge is 0.496 e. The van der Waals surface area contributed by atoms with Crippen molar-refractivity contribution < 1.29 is 9.53 Å². The Balaban J connectivity index is 2.08. The number of carbonyl (C=O) groups excluding carboxylic acids is 1. The molecule has 1 aromatic heterocycles. The van der Waals surface area contributed by atoms with Gasteiger partial charge in [-0.25, -0.2) is 5.43 Å². The summed E-state index contributed by atoms with van der Waals surface area (Å²) >= 11 is 4.85. The number of amides is 1. The molecule has 0 aliphatic rings. The third-order valence-electron chi connectivity index (χ3n) is 3.01. The fourth-order valence-electron chi connectivity index (χ4n) is 1.98. The quantitative estimate of drug-likeness (QED) is 0.439. The topological polar surface area (TPSA) is 99.3 Å². The summed E-state index contributed by atoms with van der Waals surface area (Å²) in [6.45, 7) is 1.76. The number of rotatable bonds is 5. The number of para-hydroxylation sites is 1. The van der Waals surface area contributed by atoms with Gasteiger partial charge in [0.25, 0.3) is 5.56 Å². The van der Waals surface area contributed by atoms with Crippen LogP contribution in [0.5, 0.6) is 5.75 Å². The molecule has 0 aliphatic heterocycles. The first-order valence-corrected chi connectivity index (χ1v) is 7.19. The molecule has 120 valence electrons. The van der Waals surface area contributed by atoms with Crippen LogP contribution in [0.3, 0.4) is 0 Å². The summed E-state index contributed by atoms with van der Waals surface area (Å²) in [7, 11) is 1.57. The Kier molecular flexibility index (Phi) is 5.42. The summed E-state index contributed by atoms with van der Waals surface area (Å²) < 4.78 is 5.42. The summed E-state index contributed by atoms with van der Waals surface area (Å²) in [5.41, 5.74) is 3.90. The minimum Gasteiger partial charge on any atom is -0.496 e. The van der Waals surface area contributed by atoms with Gasteiger partial charge in [-0.05, 0) is 31.3 Å². The van der Waals surface area contributed by atoms with Gasteiger partial charge in [-0.2, -0.15) is 5.10 Å². The van der Waals surface area contributed by atoms with Crippen LogP contribution < -0.4 is 15.7 Å². The molecule has 0 fully saturated rings. The fraction of sp³-hybridized carbons (Fsp3) is 0.200. The number of nitrogens with one attached hydrogen (secondary N) is 3. The van der Waals surface area contributed by atoms with Crippen molar-refractivity contribution in [1.82, 2.24) is 15.4 Å². The van der Waals surface area contributed by atoms with Gasteiger partial charge < -0.3 is 9.72 Å². The van der Waals surface area contributed by atoms with Gasteiger partial charge in [0, 0.05) is 17.3 Å². The van der Waals surface area contributed by atoms with Gasteiger partial charge in [0.05, 0.1) is 19.2 Å². The Bertz CT molecular complexity index is 826. The lowest BCUT2D eigenvalue weighted by Gasteiger charge is -2.08. The predicted molar refractivity (Wildman–Crippen MR) is 89.3 cm³/mol. The lowest BCUT2D eigenvalue weighted by Crippen LogP contribution is -2.23. The number of benzene rings is 1. The lowest BCUT2D eigenvalue weighted by atomic mass is 10.1. The number of H-pyrrole nitrogens is 2. The Hall–Kier alpha value is -2.74. The minimum atomic E-state index is -0.365. The Morgan fingerprint density at radius 1 is 1.35 bits per heavy atom. The van der Waals surface area contributed by atoms with E-state index in [2.05, 4.69) is 20.5 Å². The first kappa shape index (κ1) is 16.6. The molecule has 0 spiro atoms. The van der Waals surface area contributed by atoms with E-state index in [-0.39, 0.29) is 22.7 Å². The molecular weight excluding hydrogens is 316 g/mol. The molecule has 0 saturated heterocycles. The van der Waals surface area contributed by atoms with E-state index in [4.69, 9.17) is 17.0 Å². The van der Waals surface area contributed by atoms with E-state index in [0.717, 1.165) is 5.56 Å². The normalized spacial score (nSPS) is 11.1. The van der Waals surface area contributed by atoms with Gasteiger partial charge in [-0.15, -0.1) is 0 Å². The minimum absolute atomic E-state index is 0.0315. The standard InChI is InChI=1S/C15H16N4O3S/c1-9(11-5-3-4-6-12(11)22-2)18-19-14(21)8-10-7-13(20)17-15(23)16-10/h3-7H,8H2,1-2H3,(H,19,21)(H2,16,17,20,23)/b18-9-. The highest BCUT2D eigenvalue weighted by Gasteiger charge is 2.07. The molecule has 8 heteroatoms. The molecule has 2 rings (SSSR count). The Morgan fingerprint density at radius 2 is 2.09 bits per heavy atom. The van der Waals surface area contributed by atoms with Crippen LogP contribution >= 0.6 is 12.2 Å². The van der Waals surface area contributed by atoms with Crippen LogP contribution in [0.1, 0.15) is 18.2 Å². The number of methoxy groups -OCH3 is 1. The molecule has 7 nitrogen and oxygen atoms in total. The van der Waals surface area contributed by atoms with Crippen LogP contribution in [0, 0.1) is 4.77 Å². The molecule has 3 N–H and O–H groups in total. The van der Waals surface area contributed by atoms with Crippen molar-refractivity contribution in [2.24, 2.45) is 5.10 Å². The SMILES string of the molecule is COc1ccccc1/C(C)=N\NC(=O)Cc1cc(=O)[nH]c(=S)[nH]1. The van der Waals surface area contributed by atoms with Gasteiger partial charge >= 0.3 is 0 Å². The van der Waals surface area contributed by atoms with Crippen LogP contribution in [-0.4, -0.2) is 28.7 Å². The van der Waals surface area contributed by atoms with E-state index < -0.39 is 0 Å². The maximum Gasteiger partial charge on any atom is 0.251 e. The van der Waals surface area contributed by atoms with Crippen molar-refractivity contribution in [3.05, 3.63) is 56.7 Å². The number of ether oxygens (including phenoxy) is 1. The number of hydrogen-bond acceptors (Lipinski definition) is 5. The summed E-state index contributed by atoms with van der Waals surface area (Å²) in [4.78, 5) is 28.4. The first-order chi connectivity index (χ1) is 11.0. The van der Waals surface area contributed by atoms with Crippen molar-refractivity contribution in [2.45, 2.75) is 13.3 Å². The third-order valence-corrected chi connectivity index (χ3v) is 3.22. The van der Waals surface area contributed by atoms with Crippen molar-refractivity contribution >= 4 is 23.8 Å². The number of aromatic amines is 2. The van der Waals surface area contributed by atoms with Crippen LogP contribution in [-0.2, 0) is 11.2 Å². The molecule has 23 heavy (non-hydrogen) atoms. The summed E-state index contributed by atoms with van der Waals surface area (Å²) in [5.74, 6) is 0.303. The van der Waals surface area contributed by atoms with E-state index in [1.54, 1.807) is 14.0 Å². The van der Waals surface area contributed by atoms with Crippen LogP contribution in [0.4, 0.5) is 0 Å². The zero-order valence-electron chi connectivity index (χ0n) is 12.7. The van der Waals surface area contributed by atoms with Crippen molar-refractivity contribution in [1.29, 1.82) is 0 Å². The second-order valence-corrected chi connectivity index (χ2v) is 5.13. The molecule has 1 aromatic carbocycles. The molecule has 0 bridgehead atoms. The molecule has 1 amide bonds. The van der Waals surface area contributed by atoms with Gasteiger partial charge in [-0.3, -0.25) is 14.6 Å². The van der Waals surface area contributed by atoms with Crippen molar-refractivity contribution in [3.63, 3.8) is 0 Å². The van der Waals surface area contributed by atoms with E-state index in [1.165, 1.54) is 6.07 Å². The van der Waals surface area contributed by atoms with Crippen LogP contribution in [0.25, 0.3) is 0 Å². The van der Waals surface area contributed by atoms with E-state index in [0.29, 0.717) is 17.2 Å². The second kappa shape index (κ2) is 7.50.